The standard InChI is InChI=1S/C24H12Br2O2/c25-11-1-3-15-19(9-11)13-5-8-18-22-14(6-7-17(21(13)22)23(15)27)20-10-12(26)2-4-16(20)24(18)28/h1-10,27-28H. The summed E-state index contributed by atoms with van der Waals surface area (Å²) in [6.07, 6.45) is 0. The number of aromatic hydroxyl groups is 2. The van der Waals surface area contributed by atoms with Gasteiger partial charge in [0.2, 0.25) is 0 Å². The van der Waals surface area contributed by atoms with E-state index >= 15 is 0 Å². The first-order valence-electron chi connectivity index (χ1n) is 8.87. The molecule has 6 aromatic carbocycles. The van der Waals surface area contributed by atoms with Crippen molar-refractivity contribution >= 4 is 85.7 Å². The highest BCUT2D eigenvalue weighted by Crippen LogP contribution is 2.48. The monoisotopic (exact) mass is 490 g/mol. The Labute approximate surface area is 176 Å². The second-order valence-electron chi connectivity index (χ2n) is 7.15. The van der Waals surface area contributed by atoms with Gasteiger partial charge >= 0.3 is 0 Å². The zero-order valence-corrected chi connectivity index (χ0v) is 17.6. The van der Waals surface area contributed by atoms with E-state index in [-0.39, 0.29) is 11.5 Å². The minimum atomic E-state index is 0.276. The highest BCUT2D eigenvalue weighted by Gasteiger charge is 2.19. The zero-order valence-electron chi connectivity index (χ0n) is 14.4. The lowest BCUT2D eigenvalue weighted by Crippen LogP contribution is -1.89. The van der Waals surface area contributed by atoms with Gasteiger partial charge in [-0.3, -0.25) is 0 Å². The van der Waals surface area contributed by atoms with Crippen molar-refractivity contribution in [1.29, 1.82) is 0 Å². The van der Waals surface area contributed by atoms with Gasteiger partial charge in [0.15, 0.2) is 0 Å². The molecule has 2 nitrogen and oxygen atoms in total. The quantitative estimate of drug-likeness (QED) is 0.168. The first kappa shape index (κ1) is 16.4. The topological polar surface area (TPSA) is 40.5 Å². The number of benzene rings is 6. The van der Waals surface area contributed by atoms with Crippen LogP contribution in [-0.2, 0) is 0 Å². The molecular formula is C24H12Br2O2. The first-order chi connectivity index (χ1) is 13.5. The van der Waals surface area contributed by atoms with Gasteiger partial charge in [-0.15, -0.1) is 0 Å². The summed E-state index contributed by atoms with van der Waals surface area (Å²) in [6.45, 7) is 0. The van der Waals surface area contributed by atoms with Crippen LogP contribution in [0.5, 0.6) is 11.5 Å². The second-order valence-corrected chi connectivity index (χ2v) is 8.98. The van der Waals surface area contributed by atoms with Crippen molar-refractivity contribution in [3.63, 3.8) is 0 Å². The van der Waals surface area contributed by atoms with Crippen LogP contribution in [0.3, 0.4) is 0 Å². The average molecular weight is 492 g/mol. The Balaban J connectivity index is 2.00. The lowest BCUT2D eigenvalue weighted by atomic mass is 9.88. The number of phenols is 2. The second kappa shape index (κ2) is 5.49. The van der Waals surface area contributed by atoms with E-state index in [4.69, 9.17) is 0 Å². The van der Waals surface area contributed by atoms with Gasteiger partial charge in [0.25, 0.3) is 0 Å². The summed E-state index contributed by atoms with van der Waals surface area (Å²) < 4.78 is 1.93. The minimum Gasteiger partial charge on any atom is -0.507 e. The molecule has 0 radical (unpaired) electrons. The number of hydrogen-bond acceptors (Lipinski definition) is 2. The molecule has 0 spiro atoms. The minimum absolute atomic E-state index is 0.276. The van der Waals surface area contributed by atoms with Crippen LogP contribution in [0.1, 0.15) is 0 Å². The largest absolute Gasteiger partial charge is 0.507 e. The van der Waals surface area contributed by atoms with Crippen LogP contribution in [-0.4, -0.2) is 10.2 Å². The molecule has 0 heterocycles. The molecule has 4 heteroatoms. The Bertz CT molecular complexity index is 1480. The van der Waals surface area contributed by atoms with E-state index in [0.717, 1.165) is 62.8 Å². The third-order valence-corrected chi connectivity index (χ3v) is 6.71. The van der Waals surface area contributed by atoms with Crippen LogP contribution < -0.4 is 0 Å². The van der Waals surface area contributed by atoms with Crippen molar-refractivity contribution in [3.05, 3.63) is 69.6 Å². The van der Waals surface area contributed by atoms with Crippen molar-refractivity contribution < 1.29 is 10.2 Å². The predicted octanol–water partition coefficient (Wildman–Crippen LogP) is 7.83. The summed E-state index contributed by atoms with van der Waals surface area (Å²) in [5.41, 5.74) is 0. The maximum absolute atomic E-state index is 11.0. The highest BCUT2D eigenvalue weighted by molar-refractivity contribution is 9.10. The third-order valence-electron chi connectivity index (χ3n) is 5.72. The van der Waals surface area contributed by atoms with Crippen molar-refractivity contribution in [1.82, 2.24) is 0 Å². The Morgan fingerprint density at radius 2 is 0.786 bits per heavy atom. The Kier molecular flexibility index (Phi) is 3.22. The smallest absolute Gasteiger partial charge is 0.131 e. The van der Waals surface area contributed by atoms with Crippen molar-refractivity contribution in [2.24, 2.45) is 0 Å². The molecule has 0 bridgehead atoms. The zero-order chi connectivity index (χ0) is 19.2. The fourth-order valence-corrected chi connectivity index (χ4v) is 5.24. The van der Waals surface area contributed by atoms with Gasteiger partial charge < -0.3 is 10.2 Å². The molecule has 0 aliphatic heterocycles. The molecule has 0 fully saturated rings. The van der Waals surface area contributed by atoms with Gasteiger partial charge in [-0.05, 0) is 70.1 Å². The van der Waals surface area contributed by atoms with Crippen LogP contribution in [0.4, 0.5) is 0 Å². The maximum Gasteiger partial charge on any atom is 0.131 e. The molecule has 28 heavy (non-hydrogen) atoms. The van der Waals surface area contributed by atoms with E-state index in [9.17, 15) is 10.2 Å². The number of rotatable bonds is 0. The van der Waals surface area contributed by atoms with Crippen LogP contribution in [0, 0.1) is 0 Å². The van der Waals surface area contributed by atoms with E-state index in [0.29, 0.717) is 0 Å². The predicted molar refractivity (Wildman–Crippen MR) is 124 cm³/mol. The number of hydrogen-bond donors (Lipinski definition) is 2. The lowest BCUT2D eigenvalue weighted by Gasteiger charge is -2.17. The average Bonchev–Trinajstić information content (AvgIpc) is 2.70. The fourth-order valence-electron chi connectivity index (χ4n) is 4.52. The maximum atomic E-state index is 11.0. The molecule has 0 saturated carbocycles. The normalized spacial score (nSPS) is 12.2. The summed E-state index contributed by atoms with van der Waals surface area (Å²) in [7, 11) is 0. The molecule has 0 unspecified atom stereocenters. The molecule has 2 N–H and O–H groups in total. The van der Waals surface area contributed by atoms with Gasteiger partial charge in [0, 0.05) is 41.3 Å². The van der Waals surface area contributed by atoms with E-state index in [2.05, 4.69) is 31.9 Å². The molecule has 134 valence electrons. The van der Waals surface area contributed by atoms with E-state index < -0.39 is 0 Å². The molecule has 0 aromatic heterocycles. The lowest BCUT2D eigenvalue weighted by molar-refractivity contribution is 0.487. The molecule has 0 saturated heterocycles. The fraction of sp³-hybridized carbons (Fsp3) is 0. The van der Waals surface area contributed by atoms with E-state index in [1.807, 2.05) is 60.7 Å². The van der Waals surface area contributed by atoms with Crippen LogP contribution in [0.15, 0.2) is 69.6 Å². The third kappa shape index (κ3) is 1.97. The van der Waals surface area contributed by atoms with Gasteiger partial charge in [0.05, 0.1) is 0 Å². The van der Waals surface area contributed by atoms with E-state index in [1.165, 1.54) is 0 Å². The molecular weight excluding hydrogens is 480 g/mol. The first-order valence-corrected chi connectivity index (χ1v) is 10.5. The molecule has 0 aliphatic rings. The van der Waals surface area contributed by atoms with Crippen LogP contribution in [0.25, 0.3) is 53.9 Å². The number of halogens is 2. The van der Waals surface area contributed by atoms with Crippen molar-refractivity contribution in [2.75, 3.05) is 0 Å². The number of fused-ring (bicyclic) bond motifs is 4. The van der Waals surface area contributed by atoms with E-state index in [1.54, 1.807) is 0 Å². The Morgan fingerprint density at radius 3 is 1.21 bits per heavy atom. The summed E-state index contributed by atoms with van der Waals surface area (Å²) in [5.74, 6) is 0.552. The highest BCUT2D eigenvalue weighted by atomic mass is 79.9. The van der Waals surface area contributed by atoms with Gasteiger partial charge in [0.1, 0.15) is 11.5 Å². The van der Waals surface area contributed by atoms with Crippen molar-refractivity contribution in [2.45, 2.75) is 0 Å². The molecule has 0 aliphatic carbocycles. The summed E-state index contributed by atoms with van der Waals surface area (Å²) >= 11 is 7.10. The molecule has 6 aromatic rings. The molecule has 6 rings (SSSR count). The summed E-state index contributed by atoms with van der Waals surface area (Å²) in [5, 5.41) is 31.4. The molecule has 0 amide bonds. The van der Waals surface area contributed by atoms with Crippen LogP contribution >= 0.6 is 31.9 Å². The number of phenolic OH excluding ortho intramolecular Hbond substituents is 2. The van der Waals surface area contributed by atoms with Crippen LogP contribution in [0.2, 0.25) is 0 Å². The Morgan fingerprint density at radius 1 is 0.429 bits per heavy atom. The van der Waals surface area contributed by atoms with Gasteiger partial charge in [-0.25, -0.2) is 0 Å². The van der Waals surface area contributed by atoms with Gasteiger partial charge in [-0.2, -0.15) is 0 Å². The Hall–Kier alpha value is -2.56. The van der Waals surface area contributed by atoms with Crippen molar-refractivity contribution in [3.8, 4) is 11.5 Å². The van der Waals surface area contributed by atoms with Gasteiger partial charge in [-0.1, -0.05) is 44.0 Å². The SMILES string of the molecule is Oc1c2ccc(Br)cc2c2ccc3c(O)c4ccc(Br)cc4c4ccc1c2c34. The summed E-state index contributed by atoms with van der Waals surface area (Å²) in [6, 6.07) is 19.9. The summed E-state index contributed by atoms with van der Waals surface area (Å²) in [4.78, 5) is 0. The molecule has 0 atom stereocenters.